The van der Waals surface area contributed by atoms with Gasteiger partial charge in [-0.15, -0.1) is 0 Å². The second kappa shape index (κ2) is 6.71. The summed E-state index contributed by atoms with van der Waals surface area (Å²) in [4.78, 5) is 0. The van der Waals surface area contributed by atoms with Gasteiger partial charge in [-0.3, -0.25) is 4.68 Å². The molecule has 1 aromatic carbocycles. The molecule has 1 unspecified atom stereocenters. The molecule has 0 aliphatic rings. The Hall–Kier alpha value is -1.20. The maximum atomic E-state index is 13.2. The van der Waals surface area contributed by atoms with Gasteiger partial charge in [0, 0.05) is 12.7 Å². The van der Waals surface area contributed by atoms with Crippen molar-refractivity contribution in [2.24, 2.45) is 7.05 Å². The quantitative estimate of drug-likeness (QED) is 0.892. The van der Waals surface area contributed by atoms with Crippen LogP contribution in [0.25, 0.3) is 0 Å². The van der Waals surface area contributed by atoms with Gasteiger partial charge in [-0.1, -0.05) is 6.07 Å². The number of aliphatic hydroxyl groups excluding tert-OH is 1. The van der Waals surface area contributed by atoms with Gasteiger partial charge in [0.05, 0.1) is 16.3 Å². The maximum absolute atomic E-state index is 13.2. The van der Waals surface area contributed by atoms with E-state index >= 15 is 0 Å². The summed E-state index contributed by atoms with van der Waals surface area (Å²) >= 11 is 3.17. The minimum atomic E-state index is -0.443. The highest BCUT2D eigenvalue weighted by molar-refractivity contribution is 9.10. The first-order valence-corrected chi connectivity index (χ1v) is 7.79. The van der Waals surface area contributed by atoms with E-state index in [1.54, 1.807) is 12.1 Å². The molecular weight excluding hydrogens is 335 g/mol. The largest absolute Gasteiger partial charge is 0.393 e. The van der Waals surface area contributed by atoms with Gasteiger partial charge in [-0.2, -0.15) is 5.10 Å². The Morgan fingerprint density at radius 1 is 1.38 bits per heavy atom. The van der Waals surface area contributed by atoms with Crippen LogP contribution in [0.1, 0.15) is 28.9 Å². The molecule has 0 radical (unpaired) electrons. The van der Waals surface area contributed by atoms with Crippen LogP contribution in [0.15, 0.2) is 22.7 Å². The Bertz CT molecular complexity index is 639. The zero-order valence-electron chi connectivity index (χ0n) is 12.5. The molecule has 0 fully saturated rings. The lowest BCUT2D eigenvalue weighted by atomic mass is 10.0. The van der Waals surface area contributed by atoms with Crippen LogP contribution in [0.2, 0.25) is 0 Å². The Morgan fingerprint density at radius 3 is 2.67 bits per heavy atom. The van der Waals surface area contributed by atoms with Crippen LogP contribution in [0, 0.1) is 19.7 Å². The summed E-state index contributed by atoms with van der Waals surface area (Å²) in [7, 11) is 1.93. The Labute approximate surface area is 132 Å². The SMILES string of the molecule is Cc1nn(C)c(C)c1CCC(O)Cc1ccc(F)c(Br)c1. The predicted octanol–water partition coefficient (Wildman–Crippen LogP) is 3.47. The van der Waals surface area contributed by atoms with Crippen LogP contribution in [0.3, 0.4) is 0 Å². The summed E-state index contributed by atoms with van der Waals surface area (Å²) in [6, 6.07) is 4.85. The molecule has 0 aliphatic heterocycles. The molecule has 114 valence electrons. The van der Waals surface area contributed by atoms with Crippen LogP contribution >= 0.6 is 15.9 Å². The van der Waals surface area contributed by atoms with Gasteiger partial charge in [0.25, 0.3) is 0 Å². The van der Waals surface area contributed by atoms with Crippen molar-refractivity contribution in [3.63, 3.8) is 0 Å². The van der Waals surface area contributed by atoms with E-state index in [0.29, 0.717) is 17.3 Å². The normalized spacial score (nSPS) is 12.7. The van der Waals surface area contributed by atoms with Gasteiger partial charge < -0.3 is 5.11 Å². The van der Waals surface area contributed by atoms with E-state index in [4.69, 9.17) is 0 Å². The van der Waals surface area contributed by atoms with Gasteiger partial charge in [0.2, 0.25) is 0 Å². The number of nitrogens with zero attached hydrogens (tertiary/aromatic N) is 2. The van der Waals surface area contributed by atoms with Gasteiger partial charge in [-0.05, 0) is 72.3 Å². The number of rotatable bonds is 5. The highest BCUT2D eigenvalue weighted by Crippen LogP contribution is 2.20. The summed E-state index contributed by atoms with van der Waals surface area (Å²) in [6.07, 6.45) is 1.55. The van der Waals surface area contributed by atoms with E-state index in [0.717, 1.165) is 23.4 Å². The number of hydrogen-bond acceptors (Lipinski definition) is 2. The molecular formula is C16H20BrFN2O. The van der Waals surface area contributed by atoms with Gasteiger partial charge >= 0.3 is 0 Å². The summed E-state index contributed by atoms with van der Waals surface area (Å²) in [5.41, 5.74) is 4.29. The number of benzene rings is 1. The lowest BCUT2D eigenvalue weighted by Crippen LogP contribution is -2.12. The third-order valence-electron chi connectivity index (χ3n) is 3.84. The molecule has 0 bridgehead atoms. The zero-order valence-corrected chi connectivity index (χ0v) is 14.1. The van der Waals surface area contributed by atoms with E-state index in [9.17, 15) is 9.50 Å². The third-order valence-corrected chi connectivity index (χ3v) is 4.45. The molecule has 0 spiro atoms. The highest BCUT2D eigenvalue weighted by Gasteiger charge is 2.13. The number of halogens is 2. The smallest absolute Gasteiger partial charge is 0.137 e. The molecule has 3 nitrogen and oxygen atoms in total. The fraction of sp³-hybridized carbons (Fsp3) is 0.438. The molecule has 1 atom stereocenters. The molecule has 1 aromatic heterocycles. The maximum Gasteiger partial charge on any atom is 0.137 e. The average molecular weight is 355 g/mol. The van der Waals surface area contributed by atoms with Crippen molar-refractivity contribution in [1.82, 2.24) is 9.78 Å². The monoisotopic (exact) mass is 354 g/mol. The fourth-order valence-corrected chi connectivity index (χ4v) is 2.96. The first-order valence-electron chi connectivity index (χ1n) is 6.99. The second-order valence-corrected chi connectivity index (χ2v) is 6.27. The second-order valence-electron chi connectivity index (χ2n) is 5.42. The summed E-state index contributed by atoms with van der Waals surface area (Å²) in [6.45, 7) is 4.03. The van der Waals surface area contributed by atoms with Crippen molar-refractivity contribution in [3.8, 4) is 0 Å². The summed E-state index contributed by atoms with van der Waals surface area (Å²) in [5.74, 6) is -0.283. The van der Waals surface area contributed by atoms with Gasteiger partial charge in [0.1, 0.15) is 5.82 Å². The van der Waals surface area contributed by atoms with Crippen molar-refractivity contribution in [3.05, 3.63) is 51.0 Å². The van der Waals surface area contributed by atoms with Crippen molar-refractivity contribution in [2.75, 3.05) is 0 Å². The molecule has 0 aliphatic carbocycles. The average Bonchev–Trinajstić information content (AvgIpc) is 2.66. The number of hydrogen-bond donors (Lipinski definition) is 1. The van der Waals surface area contributed by atoms with E-state index < -0.39 is 6.10 Å². The van der Waals surface area contributed by atoms with Gasteiger partial charge in [-0.25, -0.2) is 4.39 Å². The van der Waals surface area contributed by atoms with Gasteiger partial charge in [0.15, 0.2) is 0 Å². The van der Waals surface area contributed by atoms with Crippen LogP contribution < -0.4 is 0 Å². The molecule has 1 N–H and O–H groups in total. The molecule has 1 heterocycles. The first kappa shape index (κ1) is 16.2. The van der Waals surface area contributed by atoms with Crippen molar-refractivity contribution in [1.29, 1.82) is 0 Å². The fourth-order valence-electron chi connectivity index (χ4n) is 2.53. The molecule has 2 aromatic rings. The van der Waals surface area contributed by atoms with E-state index in [1.165, 1.54) is 11.6 Å². The molecule has 0 saturated heterocycles. The molecule has 5 heteroatoms. The number of aromatic nitrogens is 2. The molecule has 2 rings (SSSR count). The van der Waals surface area contributed by atoms with Crippen molar-refractivity contribution >= 4 is 15.9 Å². The van der Waals surface area contributed by atoms with Crippen LogP contribution in [0.4, 0.5) is 4.39 Å². The standard InChI is InChI=1S/C16H20BrFN2O/c1-10-14(11(2)20(3)19-10)6-5-13(21)8-12-4-7-16(18)15(17)9-12/h4,7,9,13,21H,5-6,8H2,1-3H3. The zero-order chi connectivity index (χ0) is 15.6. The third kappa shape index (κ3) is 3.92. The van der Waals surface area contributed by atoms with E-state index in [1.807, 2.05) is 25.6 Å². The van der Waals surface area contributed by atoms with Crippen molar-refractivity contribution in [2.45, 2.75) is 39.2 Å². The molecule has 0 amide bonds. The highest BCUT2D eigenvalue weighted by atomic mass is 79.9. The lowest BCUT2D eigenvalue weighted by Gasteiger charge is -2.11. The Kier molecular flexibility index (Phi) is 5.17. The minimum Gasteiger partial charge on any atom is -0.393 e. The topological polar surface area (TPSA) is 38.0 Å². The van der Waals surface area contributed by atoms with E-state index in [-0.39, 0.29) is 5.82 Å². The van der Waals surface area contributed by atoms with Crippen LogP contribution in [-0.4, -0.2) is 21.0 Å². The predicted molar refractivity (Wildman–Crippen MR) is 84.8 cm³/mol. The van der Waals surface area contributed by atoms with E-state index in [2.05, 4.69) is 21.0 Å². The summed E-state index contributed by atoms with van der Waals surface area (Å²) < 4.78 is 15.5. The molecule has 0 saturated carbocycles. The summed E-state index contributed by atoms with van der Waals surface area (Å²) in [5, 5.41) is 14.6. The number of aliphatic hydroxyl groups is 1. The van der Waals surface area contributed by atoms with Crippen LogP contribution in [-0.2, 0) is 19.9 Å². The first-order chi connectivity index (χ1) is 9.88. The molecule has 21 heavy (non-hydrogen) atoms. The van der Waals surface area contributed by atoms with Crippen LogP contribution in [0.5, 0.6) is 0 Å². The lowest BCUT2D eigenvalue weighted by molar-refractivity contribution is 0.165. The number of aryl methyl sites for hydroxylation is 2. The minimum absolute atomic E-state index is 0.283. The van der Waals surface area contributed by atoms with Crippen molar-refractivity contribution < 1.29 is 9.50 Å². The Balaban J connectivity index is 1.95. The Morgan fingerprint density at radius 2 is 2.10 bits per heavy atom.